The number of benzene rings is 1. The first-order valence-electron chi connectivity index (χ1n) is 4.94. The molecule has 1 aromatic carbocycles. The SMILES string of the molecule is CC(C)(C)OC(=O)Cc1ccc(Br)cc1F. The summed E-state index contributed by atoms with van der Waals surface area (Å²) in [6.45, 7) is 5.34. The first-order chi connectivity index (χ1) is 7.28. The summed E-state index contributed by atoms with van der Waals surface area (Å²) in [7, 11) is 0. The summed E-state index contributed by atoms with van der Waals surface area (Å²) < 4.78 is 19.2. The molecule has 0 radical (unpaired) electrons. The van der Waals surface area contributed by atoms with Crippen molar-refractivity contribution in [3.8, 4) is 0 Å². The number of esters is 1. The molecular formula is C12H14BrFO2. The standard InChI is InChI=1S/C12H14BrFO2/c1-12(2,3)16-11(15)6-8-4-5-9(13)7-10(8)14/h4-5,7H,6H2,1-3H3. The van der Waals surface area contributed by atoms with Gasteiger partial charge in [-0.15, -0.1) is 0 Å². The molecule has 0 heterocycles. The first-order valence-corrected chi connectivity index (χ1v) is 5.73. The zero-order chi connectivity index (χ0) is 12.3. The summed E-state index contributed by atoms with van der Waals surface area (Å²) in [6, 6.07) is 4.60. The molecule has 0 aliphatic rings. The summed E-state index contributed by atoms with van der Waals surface area (Å²) >= 11 is 3.16. The van der Waals surface area contributed by atoms with Crippen LogP contribution in [0.5, 0.6) is 0 Å². The van der Waals surface area contributed by atoms with Gasteiger partial charge < -0.3 is 4.74 Å². The van der Waals surface area contributed by atoms with Crippen molar-refractivity contribution in [2.45, 2.75) is 32.8 Å². The molecular weight excluding hydrogens is 275 g/mol. The fourth-order valence-corrected chi connectivity index (χ4v) is 1.53. The van der Waals surface area contributed by atoms with Gasteiger partial charge in [-0.05, 0) is 38.5 Å². The predicted octanol–water partition coefficient (Wildman–Crippen LogP) is 3.47. The van der Waals surface area contributed by atoms with Gasteiger partial charge in [0.05, 0.1) is 6.42 Å². The largest absolute Gasteiger partial charge is 0.460 e. The van der Waals surface area contributed by atoms with E-state index >= 15 is 0 Å². The Labute approximate surface area is 103 Å². The lowest BCUT2D eigenvalue weighted by atomic mass is 10.1. The summed E-state index contributed by atoms with van der Waals surface area (Å²) in [5, 5.41) is 0. The van der Waals surface area contributed by atoms with Crippen LogP contribution in [0.1, 0.15) is 26.3 Å². The average Bonchev–Trinajstić information content (AvgIpc) is 2.06. The lowest BCUT2D eigenvalue weighted by molar-refractivity contribution is -0.153. The average molecular weight is 289 g/mol. The molecule has 0 bridgehead atoms. The van der Waals surface area contributed by atoms with Crippen LogP contribution in [-0.2, 0) is 16.0 Å². The molecule has 0 saturated heterocycles. The van der Waals surface area contributed by atoms with Gasteiger partial charge in [-0.2, -0.15) is 0 Å². The molecule has 0 saturated carbocycles. The van der Waals surface area contributed by atoms with Crippen LogP contribution in [0.4, 0.5) is 4.39 Å². The molecule has 4 heteroatoms. The number of carbonyl (C=O) groups excluding carboxylic acids is 1. The number of hydrogen-bond donors (Lipinski definition) is 0. The van der Waals surface area contributed by atoms with Gasteiger partial charge in [0, 0.05) is 4.47 Å². The van der Waals surface area contributed by atoms with Crippen molar-refractivity contribution in [3.63, 3.8) is 0 Å². The molecule has 0 aliphatic carbocycles. The van der Waals surface area contributed by atoms with Gasteiger partial charge in [0.15, 0.2) is 0 Å². The van der Waals surface area contributed by atoms with Crippen molar-refractivity contribution in [2.24, 2.45) is 0 Å². The highest BCUT2D eigenvalue weighted by atomic mass is 79.9. The van der Waals surface area contributed by atoms with Crippen LogP contribution in [0, 0.1) is 5.82 Å². The van der Waals surface area contributed by atoms with Crippen molar-refractivity contribution in [1.82, 2.24) is 0 Å². The lowest BCUT2D eigenvalue weighted by Gasteiger charge is -2.19. The molecule has 1 rings (SSSR count). The van der Waals surface area contributed by atoms with Crippen molar-refractivity contribution in [3.05, 3.63) is 34.1 Å². The quantitative estimate of drug-likeness (QED) is 0.779. The summed E-state index contributed by atoms with van der Waals surface area (Å²) in [5.74, 6) is -0.825. The minimum absolute atomic E-state index is 0.0453. The fourth-order valence-electron chi connectivity index (χ4n) is 1.20. The van der Waals surface area contributed by atoms with Crippen molar-refractivity contribution >= 4 is 21.9 Å². The number of ether oxygens (including phenoxy) is 1. The highest BCUT2D eigenvalue weighted by Crippen LogP contribution is 2.17. The van der Waals surface area contributed by atoms with Gasteiger partial charge >= 0.3 is 5.97 Å². The second-order valence-corrected chi connectivity index (χ2v) is 5.41. The topological polar surface area (TPSA) is 26.3 Å². The maximum atomic E-state index is 13.4. The molecule has 0 aliphatic heterocycles. The van der Waals surface area contributed by atoms with Gasteiger partial charge in [0.2, 0.25) is 0 Å². The Bertz CT molecular complexity index is 396. The number of hydrogen-bond acceptors (Lipinski definition) is 2. The van der Waals surface area contributed by atoms with Gasteiger partial charge in [-0.3, -0.25) is 4.79 Å². The molecule has 0 unspecified atom stereocenters. The summed E-state index contributed by atoms with van der Waals surface area (Å²) in [4.78, 5) is 11.5. The van der Waals surface area contributed by atoms with Crippen LogP contribution in [0.3, 0.4) is 0 Å². The second-order valence-electron chi connectivity index (χ2n) is 4.50. The van der Waals surface area contributed by atoms with E-state index in [1.165, 1.54) is 6.07 Å². The van der Waals surface area contributed by atoms with Crippen LogP contribution in [0.2, 0.25) is 0 Å². The van der Waals surface area contributed by atoms with E-state index in [2.05, 4.69) is 15.9 Å². The summed E-state index contributed by atoms with van der Waals surface area (Å²) in [5.41, 5.74) is -0.194. The molecule has 0 atom stereocenters. The predicted molar refractivity (Wildman–Crippen MR) is 63.6 cm³/mol. The molecule has 0 N–H and O–H groups in total. The second kappa shape index (κ2) is 4.95. The Hall–Kier alpha value is -0.900. The molecule has 0 spiro atoms. The van der Waals surface area contributed by atoms with E-state index in [0.29, 0.717) is 10.0 Å². The van der Waals surface area contributed by atoms with E-state index in [-0.39, 0.29) is 6.42 Å². The van der Waals surface area contributed by atoms with Crippen molar-refractivity contribution in [1.29, 1.82) is 0 Å². The van der Waals surface area contributed by atoms with Gasteiger partial charge in [0.25, 0.3) is 0 Å². The third-order valence-electron chi connectivity index (χ3n) is 1.77. The molecule has 16 heavy (non-hydrogen) atoms. The molecule has 88 valence electrons. The molecule has 2 nitrogen and oxygen atoms in total. The van der Waals surface area contributed by atoms with Crippen LogP contribution in [0.25, 0.3) is 0 Å². The zero-order valence-corrected chi connectivity index (χ0v) is 11.1. The van der Waals surface area contributed by atoms with Crippen LogP contribution < -0.4 is 0 Å². The highest BCUT2D eigenvalue weighted by Gasteiger charge is 2.17. The van der Waals surface area contributed by atoms with E-state index in [1.54, 1.807) is 32.9 Å². The van der Waals surface area contributed by atoms with E-state index in [0.717, 1.165) is 0 Å². The maximum absolute atomic E-state index is 13.4. The van der Waals surface area contributed by atoms with Crippen LogP contribution in [0.15, 0.2) is 22.7 Å². The van der Waals surface area contributed by atoms with Gasteiger partial charge in [0.1, 0.15) is 11.4 Å². The lowest BCUT2D eigenvalue weighted by Crippen LogP contribution is -2.25. The Morgan fingerprint density at radius 2 is 2.06 bits per heavy atom. The van der Waals surface area contributed by atoms with Crippen molar-refractivity contribution < 1.29 is 13.9 Å². The molecule has 0 amide bonds. The third-order valence-corrected chi connectivity index (χ3v) is 2.26. The first kappa shape index (κ1) is 13.2. The van der Waals surface area contributed by atoms with Gasteiger partial charge in [-0.25, -0.2) is 4.39 Å². The van der Waals surface area contributed by atoms with E-state index in [9.17, 15) is 9.18 Å². The Kier molecular flexibility index (Phi) is 4.08. The highest BCUT2D eigenvalue weighted by molar-refractivity contribution is 9.10. The zero-order valence-electron chi connectivity index (χ0n) is 9.51. The van der Waals surface area contributed by atoms with Crippen molar-refractivity contribution in [2.75, 3.05) is 0 Å². The molecule has 1 aromatic rings. The Balaban J connectivity index is 2.70. The maximum Gasteiger partial charge on any atom is 0.310 e. The van der Waals surface area contributed by atoms with E-state index in [4.69, 9.17) is 4.74 Å². The smallest absolute Gasteiger partial charge is 0.310 e. The van der Waals surface area contributed by atoms with E-state index in [1.807, 2.05) is 0 Å². The number of halogens is 2. The molecule has 0 aromatic heterocycles. The Morgan fingerprint density at radius 3 is 2.56 bits per heavy atom. The minimum Gasteiger partial charge on any atom is -0.460 e. The monoisotopic (exact) mass is 288 g/mol. The normalized spacial score (nSPS) is 11.3. The number of rotatable bonds is 2. The van der Waals surface area contributed by atoms with Crippen LogP contribution >= 0.6 is 15.9 Å². The number of carbonyl (C=O) groups is 1. The fraction of sp³-hybridized carbons (Fsp3) is 0.417. The molecule has 0 fully saturated rings. The minimum atomic E-state index is -0.539. The third kappa shape index (κ3) is 4.31. The summed E-state index contributed by atoms with van der Waals surface area (Å²) in [6.07, 6.45) is -0.0453. The van der Waals surface area contributed by atoms with Crippen LogP contribution in [-0.4, -0.2) is 11.6 Å². The van der Waals surface area contributed by atoms with Gasteiger partial charge in [-0.1, -0.05) is 22.0 Å². The Morgan fingerprint density at radius 1 is 1.44 bits per heavy atom. The van der Waals surface area contributed by atoms with E-state index < -0.39 is 17.4 Å².